The number of fused-ring (bicyclic) bond motifs is 1. The first-order chi connectivity index (χ1) is 12.3. The Hall–Kier alpha value is -2.53. The number of hydrogen-bond donors (Lipinski definition) is 1. The number of quaternary nitrogens is 1. The summed E-state index contributed by atoms with van der Waals surface area (Å²) < 4.78 is 10.6. The van der Waals surface area contributed by atoms with Crippen LogP contribution in [-0.4, -0.2) is 45.3 Å². The summed E-state index contributed by atoms with van der Waals surface area (Å²) >= 11 is 0. The van der Waals surface area contributed by atoms with Crippen LogP contribution >= 0.6 is 0 Å². The van der Waals surface area contributed by atoms with E-state index in [9.17, 15) is 4.79 Å². The Labute approximate surface area is 147 Å². The van der Waals surface area contributed by atoms with Crippen molar-refractivity contribution in [3.63, 3.8) is 0 Å². The number of benzene rings is 2. The lowest BCUT2D eigenvalue weighted by Crippen LogP contribution is -3.15. The number of nitrogens with zero attached hydrogens (tertiary/aromatic N) is 1. The third-order valence-electron chi connectivity index (χ3n) is 4.99. The van der Waals surface area contributed by atoms with Gasteiger partial charge in [0.05, 0.1) is 39.1 Å². The van der Waals surface area contributed by atoms with Gasteiger partial charge in [0.25, 0.3) is 0 Å². The quantitative estimate of drug-likeness (QED) is 0.836. The molecule has 0 aliphatic carbocycles. The number of ketones is 1. The molecule has 0 spiro atoms. The van der Waals surface area contributed by atoms with Crippen LogP contribution in [0.3, 0.4) is 0 Å². The standard InChI is InChI=1S/C20H22N2O3/c23-18(16-6-7-19-20(14-16)25-15-24-19)8-9-21-10-12-22(13-11-21)17-4-2-1-3-5-17/h1-7,14H,8-13,15H2/p+1. The molecule has 1 fully saturated rings. The Balaban J connectivity index is 1.27. The molecule has 2 aliphatic heterocycles. The second-order valence-corrected chi connectivity index (χ2v) is 6.56. The van der Waals surface area contributed by atoms with E-state index in [-0.39, 0.29) is 12.6 Å². The van der Waals surface area contributed by atoms with Gasteiger partial charge in [0.2, 0.25) is 6.79 Å². The van der Waals surface area contributed by atoms with E-state index >= 15 is 0 Å². The number of hydrogen-bond acceptors (Lipinski definition) is 4. The lowest BCUT2D eigenvalue weighted by Gasteiger charge is -2.33. The summed E-state index contributed by atoms with van der Waals surface area (Å²) in [6.45, 7) is 5.35. The molecule has 1 N–H and O–H groups in total. The Morgan fingerprint density at radius 3 is 2.56 bits per heavy atom. The molecule has 25 heavy (non-hydrogen) atoms. The maximum Gasteiger partial charge on any atom is 0.231 e. The first-order valence-corrected chi connectivity index (χ1v) is 8.86. The molecule has 0 aromatic heterocycles. The van der Waals surface area contributed by atoms with Crippen LogP contribution in [-0.2, 0) is 0 Å². The summed E-state index contributed by atoms with van der Waals surface area (Å²) in [5, 5.41) is 0. The minimum absolute atomic E-state index is 0.177. The Morgan fingerprint density at radius 2 is 1.76 bits per heavy atom. The second-order valence-electron chi connectivity index (χ2n) is 6.56. The lowest BCUT2D eigenvalue weighted by molar-refractivity contribution is -0.899. The minimum Gasteiger partial charge on any atom is -0.454 e. The zero-order valence-corrected chi connectivity index (χ0v) is 14.2. The molecular weight excluding hydrogens is 316 g/mol. The highest BCUT2D eigenvalue weighted by Gasteiger charge is 2.22. The number of rotatable bonds is 5. The van der Waals surface area contributed by atoms with E-state index in [0.717, 1.165) is 38.5 Å². The van der Waals surface area contributed by atoms with Crippen LogP contribution < -0.4 is 19.3 Å². The molecule has 5 heteroatoms. The Bertz CT molecular complexity index is 740. The van der Waals surface area contributed by atoms with E-state index in [1.807, 2.05) is 18.2 Å². The van der Waals surface area contributed by atoms with Crippen molar-refractivity contribution in [2.45, 2.75) is 6.42 Å². The summed E-state index contributed by atoms with van der Waals surface area (Å²) in [4.78, 5) is 16.4. The highest BCUT2D eigenvalue weighted by Crippen LogP contribution is 2.32. The van der Waals surface area contributed by atoms with Gasteiger partial charge in [0.15, 0.2) is 17.3 Å². The lowest BCUT2D eigenvalue weighted by atomic mass is 10.1. The normalized spacial score (nSPS) is 16.9. The summed E-state index contributed by atoms with van der Waals surface area (Å²) in [5.74, 6) is 1.57. The fourth-order valence-electron chi connectivity index (χ4n) is 3.47. The van der Waals surface area contributed by atoms with Crippen molar-refractivity contribution in [3.05, 3.63) is 54.1 Å². The molecule has 2 aromatic rings. The monoisotopic (exact) mass is 339 g/mol. The van der Waals surface area contributed by atoms with E-state index in [1.165, 1.54) is 10.6 Å². The molecule has 0 saturated carbocycles. The molecule has 0 atom stereocenters. The Morgan fingerprint density at radius 1 is 1.00 bits per heavy atom. The first-order valence-electron chi connectivity index (χ1n) is 8.86. The van der Waals surface area contributed by atoms with Gasteiger partial charge in [-0.2, -0.15) is 0 Å². The molecule has 0 unspecified atom stereocenters. The average Bonchev–Trinajstić information content (AvgIpc) is 3.15. The number of nitrogens with one attached hydrogen (secondary N) is 1. The van der Waals surface area contributed by atoms with E-state index in [1.54, 1.807) is 6.07 Å². The fraction of sp³-hybridized carbons (Fsp3) is 0.350. The van der Waals surface area contributed by atoms with Crippen molar-refractivity contribution in [1.29, 1.82) is 0 Å². The van der Waals surface area contributed by atoms with Crippen LogP contribution in [0.15, 0.2) is 48.5 Å². The maximum absolute atomic E-state index is 12.5. The number of Topliss-reactive ketones (excluding diaryl/α,β-unsaturated/α-hetero) is 1. The van der Waals surface area contributed by atoms with Crippen molar-refractivity contribution in [2.24, 2.45) is 0 Å². The van der Waals surface area contributed by atoms with Gasteiger partial charge in [-0.25, -0.2) is 0 Å². The molecule has 130 valence electrons. The number of carbonyl (C=O) groups is 1. The second kappa shape index (κ2) is 7.15. The van der Waals surface area contributed by atoms with Gasteiger partial charge in [0.1, 0.15) is 0 Å². The first kappa shape index (κ1) is 16.0. The number of carbonyl (C=O) groups excluding carboxylic acids is 1. The van der Waals surface area contributed by atoms with Crippen molar-refractivity contribution in [1.82, 2.24) is 0 Å². The molecule has 1 saturated heterocycles. The van der Waals surface area contributed by atoms with Crippen molar-refractivity contribution < 1.29 is 19.2 Å². The fourth-order valence-corrected chi connectivity index (χ4v) is 3.47. The van der Waals surface area contributed by atoms with Gasteiger partial charge >= 0.3 is 0 Å². The highest BCUT2D eigenvalue weighted by atomic mass is 16.7. The molecule has 0 radical (unpaired) electrons. The molecule has 2 aliphatic rings. The van der Waals surface area contributed by atoms with Crippen molar-refractivity contribution in [2.75, 3.05) is 44.4 Å². The highest BCUT2D eigenvalue weighted by molar-refractivity contribution is 5.96. The van der Waals surface area contributed by atoms with E-state index < -0.39 is 0 Å². The third-order valence-corrected chi connectivity index (χ3v) is 4.99. The zero-order chi connectivity index (χ0) is 17.1. The summed E-state index contributed by atoms with van der Waals surface area (Å²) in [7, 11) is 0. The van der Waals surface area contributed by atoms with Gasteiger partial charge in [-0.1, -0.05) is 18.2 Å². The minimum atomic E-state index is 0.177. The van der Waals surface area contributed by atoms with E-state index in [4.69, 9.17) is 9.47 Å². The number of anilines is 1. The van der Waals surface area contributed by atoms with Crippen LogP contribution in [0.25, 0.3) is 0 Å². The van der Waals surface area contributed by atoms with E-state index in [2.05, 4.69) is 29.2 Å². The van der Waals surface area contributed by atoms with E-state index in [0.29, 0.717) is 17.7 Å². The predicted molar refractivity (Wildman–Crippen MR) is 95.7 cm³/mol. The van der Waals surface area contributed by atoms with Crippen molar-refractivity contribution >= 4 is 11.5 Å². The molecule has 0 amide bonds. The van der Waals surface area contributed by atoms with Crippen LogP contribution in [0.1, 0.15) is 16.8 Å². The molecule has 0 bridgehead atoms. The predicted octanol–water partition coefficient (Wildman–Crippen LogP) is 1.39. The number of piperazine rings is 1. The molecule has 5 nitrogen and oxygen atoms in total. The largest absolute Gasteiger partial charge is 0.454 e. The van der Waals surface area contributed by atoms with Crippen molar-refractivity contribution in [3.8, 4) is 11.5 Å². The number of ether oxygens (including phenoxy) is 2. The average molecular weight is 339 g/mol. The summed E-state index contributed by atoms with van der Waals surface area (Å²) in [6.07, 6.45) is 0.570. The molecular formula is C20H23N2O3+. The topological polar surface area (TPSA) is 43.2 Å². The van der Waals surface area contributed by atoms with Crippen LogP contribution in [0.2, 0.25) is 0 Å². The Kier molecular flexibility index (Phi) is 4.57. The smallest absolute Gasteiger partial charge is 0.231 e. The summed E-state index contributed by atoms with van der Waals surface area (Å²) in [5.41, 5.74) is 2.00. The number of para-hydroxylation sites is 1. The maximum atomic E-state index is 12.5. The SMILES string of the molecule is O=C(CC[NH+]1CCN(c2ccccc2)CC1)c1ccc2c(c1)OCO2. The third kappa shape index (κ3) is 3.61. The van der Waals surface area contributed by atoms with Gasteiger partial charge in [-0.15, -0.1) is 0 Å². The van der Waals surface area contributed by atoms with Crippen LogP contribution in [0.5, 0.6) is 11.5 Å². The van der Waals surface area contributed by atoms with Gasteiger partial charge < -0.3 is 19.3 Å². The molecule has 2 aromatic carbocycles. The van der Waals surface area contributed by atoms with Crippen LogP contribution in [0.4, 0.5) is 5.69 Å². The summed E-state index contributed by atoms with van der Waals surface area (Å²) in [6, 6.07) is 16.0. The van der Waals surface area contributed by atoms with Gasteiger partial charge in [-0.05, 0) is 30.3 Å². The zero-order valence-electron chi connectivity index (χ0n) is 14.2. The molecule has 2 heterocycles. The van der Waals surface area contributed by atoms with Gasteiger partial charge in [0, 0.05) is 11.3 Å². The van der Waals surface area contributed by atoms with Gasteiger partial charge in [-0.3, -0.25) is 4.79 Å². The van der Waals surface area contributed by atoms with Crippen LogP contribution in [0, 0.1) is 0 Å². The molecule has 4 rings (SSSR count).